The van der Waals surface area contributed by atoms with E-state index in [0.29, 0.717) is 11.4 Å². The number of nitrogens with two attached hydrogens (primary N) is 1. The van der Waals surface area contributed by atoms with Crippen molar-refractivity contribution in [3.8, 4) is 11.4 Å². The number of hydrogen-bond acceptors (Lipinski definition) is 10. The summed E-state index contributed by atoms with van der Waals surface area (Å²) in [5.74, 6) is -4.38. The SMILES string of the molecule is CC[C@@]1(OC(=O)CNC(=O)CNC(=O)CC[C@H](N)C(=O)O)C(=O)OCc2c1cc1n(c2=O)Cc2cc3ccccc3nc2-1. The molecule has 43 heavy (non-hydrogen) atoms. The van der Waals surface area contributed by atoms with E-state index in [1.165, 1.54) is 0 Å². The highest BCUT2D eigenvalue weighted by molar-refractivity contribution is 5.90. The molecule has 5 N–H and O–H groups in total. The molecule has 0 saturated heterocycles. The minimum atomic E-state index is -1.93. The molecule has 0 bridgehead atoms. The van der Waals surface area contributed by atoms with E-state index in [1.54, 1.807) is 17.6 Å². The number of ether oxygens (including phenoxy) is 2. The fourth-order valence-electron chi connectivity index (χ4n) is 5.22. The number of hydrogen-bond donors (Lipinski definition) is 4. The van der Waals surface area contributed by atoms with Crippen molar-refractivity contribution in [3.63, 3.8) is 0 Å². The van der Waals surface area contributed by atoms with Crippen LogP contribution in [0, 0.1) is 0 Å². The van der Waals surface area contributed by atoms with Gasteiger partial charge in [0.2, 0.25) is 17.4 Å². The quantitative estimate of drug-likeness (QED) is 0.181. The molecule has 0 spiro atoms. The van der Waals surface area contributed by atoms with Crippen LogP contribution in [0.25, 0.3) is 22.3 Å². The maximum Gasteiger partial charge on any atom is 0.355 e. The van der Waals surface area contributed by atoms with Gasteiger partial charge in [0.25, 0.3) is 5.56 Å². The lowest BCUT2D eigenvalue weighted by Crippen LogP contribution is -2.49. The van der Waals surface area contributed by atoms with Gasteiger partial charge in [0.05, 0.1) is 35.6 Å². The molecule has 5 rings (SSSR count). The van der Waals surface area contributed by atoms with Crippen LogP contribution in [0.2, 0.25) is 0 Å². The first-order valence-corrected chi connectivity index (χ1v) is 13.6. The summed E-state index contributed by atoms with van der Waals surface area (Å²) in [5, 5.41) is 14.3. The van der Waals surface area contributed by atoms with Gasteiger partial charge >= 0.3 is 17.9 Å². The van der Waals surface area contributed by atoms with E-state index in [2.05, 4.69) is 10.6 Å². The topological polar surface area (TPSA) is 209 Å². The number of pyridine rings is 2. The molecule has 2 aliphatic heterocycles. The molecular formula is C29H29N5O9. The van der Waals surface area contributed by atoms with Crippen molar-refractivity contribution in [1.29, 1.82) is 0 Å². The molecule has 2 aliphatic rings. The number of benzene rings is 1. The molecule has 2 amide bonds. The van der Waals surface area contributed by atoms with Crippen LogP contribution < -0.4 is 21.9 Å². The third-order valence-electron chi connectivity index (χ3n) is 7.55. The van der Waals surface area contributed by atoms with Crippen LogP contribution in [0.5, 0.6) is 0 Å². The van der Waals surface area contributed by atoms with Gasteiger partial charge in [-0.3, -0.25) is 24.0 Å². The van der Waals surface area contributed by atoms with Gasteiger partial charge in [-0.2, -0.15) is 0 Å². The number of rotatable bonds is 10. The molecule has 0 radical (unpaired) electrons. The number of aliphatic carboxylic acids is 1. The van der Waals surface area contributed by atoms with Crippen LogP contribution >= 0.6 is 0 Å². The number of amides is 2. The lowest BCUT2D eigenvalue weighted by Gasteiger charge is -2.35. The summed E-state index contributed by atoms with van der Waals surface area (Å²) in [4.78, 5) is 79.2. The number of nitrogens with one attached hydrogen (secondary N) is 2. The van der Waals surface area contributed by atoms with E-state index in [-0.39, 0.29) is 49.1 Å². The maximum absolute atomic E-state index is 13.6. The minimum absolute atomic E-state index is 0.0477. The van der Waals surface area contributed by atoms with E-state index in [9.17, 15) is 28.8 Å². The molecule has 2 atom stereocenters. The van der Waals surface area contributed by atoms with Gasteiger partial charge in [-0.1, -0.05) is 25.1 Å². The first kappa shape index (κ1) is 29.4. The summed E-state index contributed by atoms with van der Waals surface area (Å²) in [6.45, 7) is 0.493. The van der Waals surface area contributed by atoms with E-state index in [0.717, 1.165) is 16.5 Å². The Labute approximate surface area is 244 Å². The van der Waals surface area contributed by atoms with Gasteiger partial charge in [-0.15, -0.1) is 0 Å². The number of para-hydroxylation sites is 1. The van der Waals surface area contributed by atoms with Gasteiger partial charge in [0.15, 0.2) is 0 Å². The van der Waals surface area contributed by atoms with Crippen LogP contribution in [0.4, 0.5) is 0 Å². The fourth-order valence-corrected chi connectivity index (χ4v) is 5.22. The summed E-state index contributed by atoms with van der Waals surface area (Å²) in [6, 6.07) is 9.95. The van der Waals surface area contributed by atoms with Crippen molar-refractivity contribution in [2.24, 2.45) is 5.73 Å². The number of esters is 2. The van der Waals surface area contributed by atoms with E-state index >= 15 is 0 Å². The number of carbonyl (C=O) groups is 5. The maximum atomic E-state index is 13.6. The molecule has 1 aromatic carbocycles. The molecule has 0 saturated carbocycles. The molecule has 2 aromatic heterocycles. The van der Waals surface area contributed by atoms with Crippen LogP contribution in [0.1, 0.15) is 42.9 Å². The molecule has 14 nitrogen and oxygen atoms in total. The van der Waals surface area contributed by atoms with Crippen molar-refractivity contribution >= 4 is 40.6 Å². The third-order valence-corrected chi connectivity index (χ3v) is 7.55. The van der Waals surface area contributed by atoms with E-state index in [1.807, 2.05) is 30.3 Å². The Morgan fingerprint density at radius 3 is 2.63 bits per heavy atom. The van der Waals surface area contributed by atoms with Gasteiger partial charge in [-0.25, -0.2) is 9.78 Å². The Kier molecular flexibility index (Phi) is 7.96. The average molecular weight is 592 g/mol. The van der Waals surface area contributed by atoms with E-state index in [4.69, 9.17) is 25.3 Å². The number of carboxylic acid groups (broad SMARTS) is 1. The molecule has 3 aromatic rings. The Morgan fingerprint density at radius 1 is 1.14 bits per heavy atom. The summed E-state index contributed by atoms with van der Waals surface area (Å²) >= 11 is 0. The first-order valence-electron chi connectivity index (χ1n) is 13.6. The number of carbonyl (C=O) groups excluding carboxylic acids is 4. The fraction of sp³-hybridized carbons (Fsp3) is 0.345. The second kappa shape index (κ2) is 11.6. The highest BCUT2D eigenvalue weighted by Gasteiger charge is 2.50. The van der Waals surface area contributed by atoms with Crippen molar-refractivity contribution in [2.75, 3.05) is 13.1 Å². The predicted molar refractivity (Wildman–Crippen MR) is 149 cm³/mol. The van der Waals surface area contributed by atoms with Gasteiger partial charge in [-0.05, 0) is 31.0 Å². The zero-order valence-electron chi connectivity index (χ0n) is 23.2. The summed E-state index contributed by atoms with van der Waals surface area (Å²) in [6.07, 6.45) is -0.367. The van der Waals surface area contributed by atoms with Crippen molar-refractivity contribution in [1.82, 2.24) is 20.2 Å². The molecule has 4 heterocycles. The number of carboxylic acids is 1. The predicted octanol–water partition coefficient (Wildman–Crippen LogP) is 0.0550. The Morgan fingerprint density at radius 2 is 1.88 bits per heavy atom. The zero-order chi connectivity index (χ0) is 30.9. The highest BCUT2D eigenvalue weighted by atomic mass is 16.6. The molecule has 0 unspecified atom stereocenters. The van der Waals surface area contributed by atoms with E-state index < -0.39 is 54.5 Å². The van der Waals surface area contributed by atoms with Crippen LogP contribution in [-0.2, 0) is 52.2 Å². The largest absolute Gasteiger partial charge is 0.480 e. The summed E-state index contributed by atoms with van der Waals surface area (Å²) in [7, 11) is 0. The monoisotopic (exact) mass is 591 g/mol. The summed E-state index contributed by atoms with van der Waals surface area (Å²) < 4.78 is 12.5. The van der Waals surface area contributed by atoms with Crippen LogP contribution in [-0.4, -0.2) is 63.5 Å². The lowest BCUT2D eigenvalue weighted by molar-refractivity contribution is -0.189. The minimum Gasteiger partial charge on any atom is -0.480 e. The van der Waals surface area contributed by atoms with Crippen molar-refractivity contribution in [3.05, 3.63) is 63.4 Å². The highest BCUT2D eigenvalue weighted by Crippen LogP contribution is 2.40. The normalized spacial score (nSPS) is 17.2. The van der Waals surface area contributed by atoms with Crippen LogP contribution in [0.15, 0.2) is 41.2 Å². The van der Waals surface area contributed by atoms with Gasteiger partial charge in [0.1, 0.15) is 19.2 Å². The molecule has 224 valence electrons. The van der Waals surface area contributed by atoms with Crippen molar-refractivity contribution < 1.29 is 38.6 Å². The number of aromatic nitrogens is 2. The molecule has 14 heteroatoms. The second-order valence-electron chi connectivity index (χ2n) is 10.3. The standard InChI is InChI=1S/C29H29N5O9/c1-2-29(43-24(37)12-32-23(36)11-31-22(35)8-7-19(30)27(39)40)18-10-21-25-16(9-15-5-3-4-6-20(15)33-25)13-34(21)26(38)17(18)14-42-28(29)41/h3-6,9-10,19H,2,7-8,11-14,30H2,1H3,(H,31,35)(H,32,36)(H,39,40)/t19-,29-/m0/s1. The Balaban J connectivity index is 1.32. The van der Waals surface area contributed by atoms with Gasteiger partial charge in [0, 0.05) is 22.9 Å². The van der Waals surface area contributed by atoms with Crippen molar-refractivity contribution in [2.45, 2.75) is 51.0 Å². The van der Waals surface area contributed by atoms with Gasteiger partial charge < -0.3 is 35.5 Å². The molecular weight excluding hydrogens is 562 g/mol. The average Bonchev–Trinajstić information content (AvgIpc) is 3.35. The zero-order valence-corrected chi connectivity index (χ0v) is 23.2. The lowest BCUT2D eigenvalue weighted by atomic mass is 9.85. The second-order valence-corrected chi connectivity index (χ2v) is 10.3. The number of fused-ring (bicyclic) bond motifs is 5. The number of nitrogens with zero attached hydrogens (tertiary/aromatic N) is 2. The molecule has 0 aliphatic carbocycles. The van der Waals surface area contributed by atoms with Crippen LogP contribution in [0.3, 0.4) is 0 Å². The smallest absolute Gasteiger partial charge is 0.355 e. The Hall–Kier alpha value is -5.11. The molecule has 0 fully saturated rings. The summed E-state index contributed by atoms with van der Waals surface area (Å²) in [5.41, 5.74) is 6.08. The number of cyclic esters (lactones) is 1. The first-order chi connectivity index (χ1) is 20.5. The Bertz CT molecular complexity index is 1730. The third kappa shape index (κ3) is 5.56.